The summed E-state index contributed by atoms with van der Waals surface area (Å²) in [7, 11) is -3.90. The first-order valence-electron chi connectivity index (χ1n) is 6.71. The maximum Gasteiger partial charge on any atom is 0.239 e. The lowest BCUT2D eigenvalue weighted by Gasteiger charge is -2.24. The van der Waals surface area contributed by atoms with Crippen LogP contribution in [-0.4, -0.2) is 13.7 Å². The molecular formula is C14H16F3NO2S. The number of allylic oxidation sites excluding steroid dienone is 1. The molecule has 0 fully saturated rings. The molecule has 0 saturated heterocycles. The maximum atomic E-state index is 13.6. The van der Waals surface area contributed by atoms with Crippen molar-refractivity contribution in [1.82, 2.24) is 0 Å². The first-order chi connectivity index (χ1) is 9.86. The molecule has 1 unspecified atom stereocenters. The van der Waals surface area contributed by atoms with Crippen molar-refractivity contribution in [3.63, 3.8) is 0 Å². The van der Waals surface area contributed by atoms with Gasteiger partial charge in [-0.2, -0.15) is 0 Å². The molecule has 0 amide bonds. The van der Waals surface area contributed by atoms with E-state index >= 15 is 0 Å². The second-order valence-corrected chi connectivity index (χ2v) is 6.79. The molecule has 1 aliphatic carbocycles. The molecule has 0 heterocycles. The molecule has 2 rings (SSSR count). The van der Waals surface area contributed by atoms with E-state index in [9.17, 15) is 21.6 Å². The molecule has 1 atom stereocenters. The zero-order valence-corrected chi connectivity index (χ0v) is 12.3. The molecule has 21 heavy (non-hydrogen) atoms. The Hall–Kier alpha value is -1.50. The van der Waals surface area contributed by atoms with Gasteiger partial charge in [-0.1, -0.05) is 18.6 Å². The van der Waals surface area contributed by atoms with Crippen LogP contribution in [0, 0.1) is 17.5 Å². The molecule has 0 aromatic heterocycles. The fourth-order valence-electron chi connectivity index (χ4n) is 2.46. The highest BCUT2D eigenvalue weighted by Crippen LogP contribution is 2.29. The van der Waals surface area contributed by atoms with Gasteiger partial charge in [-0.25, -0.2) is 21.6 Å². The van der Waals surface area contributed by atoms with Crippen LogP contribution in [0.5, 0.6) is 0 Å². The number of sulfonamides is 1. The van der Waals surface area contributed by atoms with Crippen LogP contribution in [0.2, 0.25) is 0 Å². The topological polar surface area (TPSA) is 46.2 Å². The van der Waals surface area contributed by atoms with Gasteiger partial charge in [0.05, 0.1) is 5.69 Å². The average Bonchev–Trinajstić information content (AvgIpc) is 2.48. The molecule has 1 aromatic rings. The minimum Gasteiger partial charge on any atom is -0.280 e. The van der Waals surface area contributed by atoms with Gasteiger partial charge < -0.3 is 0 Å². The highest BCUT2D eigenvalue weighted by atomic mass is 32.2. The number of halogens is 3. The Bertz CT molecular complexity index is 671. The van der Waals surface area contributed by atoms with Crippen molar-refractivity contribution in [2.24, 2.45) is 0 Å². The van der Waals surface area contributed by atoms with Crippen LogP contribution in [0.25, 0.3) is 0 Å². The number of anilines is 1. The van der Waals surface area contributed by atoms with Gasteiger partial charge in [0.25, 0.3) is 0 Å². The Morgan fingerprint density at radius 3 is 2.62 bits per heavy atom. The van der Waals surface area contributed by atoms with Crippen molar-refractivity contribution in [3.05, 3.63) is 41.2 Å². The van der Waals surface area contributed by atoms with Gasteiger partial charge in [0, 0.05) is 0 Å². The van der Waals surface area contributed by atoms with E-state index < -0.39 is 38.4 Å². The highest BCUT2D eigenvalue weighted by Gasteiger charge is 2.31. The fraction of sp³-hybridized carbons (Fsp3) is 0.429. The van der Waals surface area contributed by atoms with Crippen LogP contribution < -0.4 is 4.72 Å². The smallest absolute Gasteiger partial charge is 0.239 e. The van der Waals surface area contributed by atoms with Crippen molar-refractivity contribution in [2.75, 3.05) is 4.72 Å². The summed E-state index contributed by atoms with van der Waals surface area (Å²) < 4.78 is 66.3. The van der Waals surface area contributed by atoms with E-state index in [1.165, 1.54) is 0 Å². The van der Waals surface area contributed by atoms with Crippen molar-refractivity contribution in [3.8, 4) is 0 Å². The summed E-state index contributed by atoms with van der Waals surface area (Å²) in [4.78, 5) is 0. The van der Waals surface area contributed by atoms with Crippen LogP contribution in [-0.2, 0) is 10.0 Å². The lowest BCUT2D eigenvalue weighted by atomic mass is 9.97. The Kier molecular flexibility index (Phi) is 4.61. The van der Waals surface area contributed by atoms with Gasteiger partial charge in [-0.05, 0) is 37.8 Å². The molecule has 3 nitrogen and oxygen atoms in total. The van der Waals surface area contributed by atoms with Gasteiger partial charge in [0.15, 0.2) is 17.5 Å². The van der Waals surface area contributed by atoms with Crippen LogP contribution in [0.1, 0.15) is 32.6 Å². The van der Waals surface area contributed by atoms with Gasteiger partial charge in [0.2, 0.25) is 10.0 Å². The van der Waals surface area contributed by atoms with Crippen molar-refractivity contribution < 1.29 is 21.6 Å². The number of hydrogen-bond donors (Lipinski definition) is 1. The van der Waals surface area contributed by atoms with E-state index in [2.05, 4.69) is 0 Å². The molecule has 1 aliphatic rings. The first-order valence-corrected chi connectivity index (χ1v) is 8.25. The van der Waals surface area contributed by atoms with E-state index in [0.29, 0.717) is 18.9 Å². The Morgan fingerprint density at radius 1 is 1.24 bits per heavy atom. The van der Waals surface area contributed by atoms with Gasteiger partial charge >= 0.3 is 0 Å². The van der Waals surface area contributed by atoms with Crippen LogP contribution in [0.15, 0.2) is 23.8 Å². The third-order valence-electron chi connectivity index (χ3n) is 3.56. The summed E-state index contributed by atoms with van der Waals surface area (Å²) in [6.45, 7) is 1.85. The molecule has 7 heteroatoms. The molecule has 1 N–H and O–H groups in total. The summed E-state index contributed by atoms with van der Waals surface area (Å²) >= 11 is 0. The number of hydrogen-bond acceptors (Lipinski definition) is 2. The van der Waals surface area contributed by atoms with Gasteiger partial charge in [0.1, 0.15) is 5.25 Å². The summed E-state index contributed by atoms with van der Waals surface area (Å²) in [6.07, 6.45) is 4.41. The molecular weight excluding hydrogens is 303 g/mol. The van der Waals surface area contributed by atoms with Crippen molar-refractivity contribution >= 4 is 15.7 Å². The molecule has 0 spiro atoms. The molecule has 1 aromatic carbocycles. The van der Waals surface area contributed by atoms with E-state index in [0.717, 1.165) is 24.5 Å². The maximum absolute atomic E-state index is 13.6. The molecule has 0 saturated carbocycles. The van der Waals surface area contributed by atoms with E-state index in [1.54, 1.807) is 0 Å². The van der Waals surface area contributed by atoms with Gasteiger partial charge in [-0.3, -0.25) is 4.72 Å². The first kappa shape index (κ1) is 15.9. The third-order valence-corrected chi connectivity index (χ3v) is 5.35. The predicted octanol–water partition coefficient (Wildman–Crippen LogP) is 3.73. The quantitative estimate of drug-likeness (QED) is 0.679. The third kappa shape index (κ3) is 3.23. The fourth-order valence-corrected chi connectivity index (χ4v) is 4.21. The minimum absolute atomic E-state index is 0.431. The van der Waals surface area contributed by atoms with E-state index in [4.69, 9.17) is 0 Å². The number of benzene rings is 1. The minimum atomic E-state index is -3.90. The summed E-state index contributed by atoms with van der Waals surface area (Å²) in [5.74, 6) is -4.58. The standard InChI is InChI=1S/C14H16F3NO2S/c1-2-9-5-3-4-6-12(9)21(19,20)18-11-8-7-10(15)13(16)14(11)17/h5,7-8,12,18H,2-4,6H2,1H3. The zero-order chi connectivity index (χ0) is 15.6. The zero-order valence-electron chi connectivity index (χ0n) is 11.5. The summed E-state index contributed by atoms with van der Waals surface area (Å²) in [5, 5.41) is -0.760. The highest BCUT2D eigenvalue weighted by molar-refractivity contribution is 7.93. The summed E-state index contributed by atoms with van der Waals surface area (Å²) in [5.41, 5.74) is 0.187. The Morgan fingerprint density at radius 2 is 1.95 bits per heavy atom. The summed E-state index contributed by atoms with van der Waals surface area (Å²) in [6, 6.07) is 1.57. The van der Waals surface area contributed by atoms with Crippen LogP contribution in [0.3, 0.4) is 0 Å². The van der Waals surface area contributed by atoms with Crippen LogP contribution in [0.4, 0.5) is 18.9 Å². The SMILES string of the molecule is CCC1=CCCCC1S(=O)(=O)Nc1ccc(F)c(F)c1F. The van der Waals surface area contributed by atoms with Crippen molar-refractivity contribution in [2.45, 2.75) is 37.9 Å². The normalized spacial score (nSPS) is 19.2. The van der Waals surface area contributed by atoms with Crippen LogP contribution >= 0.6 is 0 Å². The van der Waals surface area contributed by atoms with E-state index in [1.807, 2.05) is 17.7 Å². The molecule has 0 radical (unpaired) electrons. The predicted molar refractivity (Wildman–Crippen MR) is 74.9 cm³/mol. The Labute approximate surface area is 121 Å². The Balaban J connectivity index is 2.32. The molecule has 0 bridgehead atoms. The lowest BCUT2D eigenvalue weighted by molar-refractivity contribution is 0.449. The average molecular weight is 319 g/mol. The largest absolute Gasteiger partial charge is 0.280 e. The number of nitrogens with one attached hydrogen (secondary N) is 1. The van der Waals surface area contributed by atoms with E-state index in [-0.39, 0.29) is 0 Å². The molecule has 116 valence electrons. The second kappa shape index (κ2) is 6.09. The van der Waals surface area contributed by atoms with Crippen molar-refractivity contribution in [1.29, 1.82) is 0 Å². The molecule has 0 aliphatic heterocycles. The number of rotatable bonds is 4. The lowest BCUT2D eigenvalue weighted by Crippen LogP contribution is -2.31. The monoisotopic (exact) mass is 319 g/mol. The van der Waals surface area contributed by atoms with Gasteiger partial charge in [-0.15, -0.1) is 0 Å². The second-order valence-electron chi connectivity index (χ2n) is 4.92.